The Labute approximate surface area is 126 Å². The zero-order valence-corrected chi connectivity index (χ0v) is 12.9. The van der Waals surface area contributed by atoms with Crippen molar-refractivity contribution in [2.45, 2.75) is 13.5 Å². The van der Waals surface area contributed by atoms with E-state index in [2.05, 4.69) is 20.9 Å². The van der Waals surface area contributed by atoms with Crippen LogP contribution in [0, 0.1) is 6.92 Å². The molecule has 0 saturated carbocycles. The monoisotopic (exact) mass is 334 g/mol. The summed E-state index contributed by atoms with van der Waals surface area (Å²) in [6, 6.07) is 10.9. The molecule has 0 aliphatic carbocycles. The van der Waals surface area contributed by atoms with Gasteiger partial charge in [0, 0.05) is 17.2 Å². The smallest absolute Gasteiger partial charge is 0.335 e. The van der Waals surface area contributed by atoms with Crippen LogP contribution in [-0.4, -0.2) is 23.1 Å². The molecule has 0 atom stereocenters. The van der Waals surface area contributed by atoms with E-state index in [0.29, 0.717) is 6.54 Å². The number of carboxylic acids is 1. The van der Waals surface area contributed by atoms with Crippen LogP contribution >= 0.6 is 15.9 Å². The van der Waals surface area contributed by atoms with E-state index in [1.54, 1.807) is 18.2 Å². The molecule has 1 aromatic heterocycles. The Kier molecular flexibility index (Phi) is 4.39. The fourth-order valence-corrected chi connectivity index (χ4v) is 2.65. The van der Waals surface area contributed by atoms with Crippen LogP contribution in [0.3, 0.4) is 0 Å². The molecule has 104 valence electrons. The summed E-state index contributed by atoms with van der Waals surface area (Å²) in [7, 11) is 1.95. The SMILES string of the molecule is Cc1cccc(CN(C)c2ccc(C(=O)O)cc2Br)n1. The zero-order valence-electron chi connectivity index (χ0n) is 11.3. The lowest BCUT2D eigenvalue weighted by atomic mass is 10.2. The summed E-state index contributed by atoms with van der Waals surface area (Å²) in [6.45, 7) is 2.62. The molecule has 1 aromatic carbocycles. The first-order valence-corrected chi connectivity index (χ1v) is 6.93. The van der Waals surface area contributed by atoms with Gasteiger partial charge in [0.2, 0.25) is 0 Å². The Balaban J connectivity index is 2.21. The van der Waals surface area contributed by atoms with Gasteiger partial charge in [0.25, 0.3) is 0 Å². The molecule has 0 saturated heterocycles. The molecule has 20 heavy (non-hydrogen) atoms. The molecule has 0 spiro atoms. The van der Waals surface area contributed by atoms with Crippen molar-refractivity contribution in [3.63, 3.8) is 0 Å². The van der Waals surface area contributed by atoms with Crippen LogP contribution in [0.2, 0.25) is 0 Å². The van der Waals surface area contributed by atoms with Crippen LogP contribution in [0.4, 0.5) is 5.69 Å². The minimum absolute atomic E-state index is 0.266. The van der Waals surface area contributed by atoms with Crippen LogP contribution in [-0.2, 0) is 6.54 Å². The third-order valence-corrected chi connectivity index (χ3v) is 3.59. The Morgan fingerprint density at radius 3 is 2.70 bits per heavy atom. The highest BCUT2D eigenvalue weighted by Crippen LogP contribution is 2.27. The van der Waals surface area contributed by atoms with Crippen molar-refractivity contribution < 1.29 is 9.90 Å². The van der Waals surface area contributed by atoms with Gasteiger partial charge in [0.05, 0.1) is 23.5 Å². The second-order valence-corrected chi connectivity index (χ2v) is 5.45. The molecule has 0 fully saturated rings. The van der Waals surface area contributed by atoms with Crippen molar-refractivity contribution in [2.24, 2.45) is 0 Å². The van der Waals surface area contributed by atoms with Gasteiger partial charge in [-0.25, -0.2) is 4.79 Å². The Morgan fingerprint density at radius 1 is 1.35 bits per heavy atom. The number of aryl methyl sites for hydroxylation is 1. The highest BCUT2D eigenvalue weighted by atomic mass is 79.9. The summed E-state index contributed by atoms with van der Waals surface area (Å²) >= 11 is 3.42. The number of carbonyl (C=O) groups is 1. The summed E-state index contributed by atoms with van der Waals surface area (Å²) in [5, 5.41) is 8.96. The van der Waals surface area contributed by atoms with Crippen molar-refractivity contribution in [1.82, 2.24) is 4.98 Å². The number of halogens is 1. The second-order valence-electron chi connectivity index (χ2n) is 4.60. The van der Waals surface area contributed by atoms with Gasteiger partial charge < -0.3 is 10.0 Å². The van der Waals surface area contributed by atoms with Crippen molar-refractivity contribution in [2.75, 3.05) is 11.9 Å². The zero-order chi connectivity index (χ0) is 14.7. The number of aromatic carboxylic acids is 1. The summed E-state index contributed by atoms with van der Waals surface area (Å²) in [6.07, 6.45) is 0. The average molecular weight is 335 g/mol. The second kappa shape index (κ2) is 6.05. The lowest BCUT2D eigenvalue weighted by molar-refractivity contribution is 0.0697. The van der Waals surface area contributed by atoms with Gasteiger partial charge in [-0.2, -0.15) is 0 Å². The van der Waals surface area contributed by atoms with Gasteiger partial charge in [-0.1, -0.05) is 6.07 Å². The van der Waals surface area contributed by atoms with Crippen molar-refractivity contribution in [3.05, 3.63) is 57.8 Å². The molecule has 1 heterocycles. The molecule has 1 N–H and O–H groups in total. The summed E-state index contributed by atoms with van der Waals surface area (Å²) < 4.78 is 0.757. The number of anilines is 1. The van der Waals surface area contributed by atoms with Gasteiger partial charge in [0.1, 0.15) is 0 Å². The van der Waals surface area contributed by atoms with Crippen LogP contribution in [0.15, 0.2) is 40.9 Å². The topological polar surface area (TPSA) is 53.4 Å². The van der Waals surface area contributed by atoms with E-state index in [1.807, 2.05) is 37.1 Å². The molecule has 0 radical (unpaired) electrons. The maximum atomic E-state index is 10.9. The molecule has 0 amide bonds. The summed E-state index contributed by atoms with van der Waals surface area (Å²) in [4.78, 5) is 17.4. The van der Waals surface area contributed by atoms with Gasteiger partial charge in [-0.15, -0.1) is 0 Å². The number of aromatic nitrogens is 1. The van der Waals surface area contributed by atoms with Crippen LogP contribution < -0.4 is 4.90 Å². The Bertz CT molecular complexity index is 644. The highest BCUT2D eigenvalue weighted by molar-refractivity contribution is 9.10. The summed E-state index contributed by atoms with van der Waals surface area (Å²) in [5.41, 5.74) is 3.15. The summed E-state index contributed by atoms with van der Waals surface area (Å²) in [5.74, 6) is -0.930. The van der Waals surface area contributed by atoms with Crippen molar-refractivity contribution in [1.29, 1.82) is 0 Å². The Morgan fingerprint density at radius 2 is 2.10 bits per heavy atom. The van der Waals surface area contributed by atoms with Crippen LogP contribution in [0.25, 0.3) is 0 Å². The fourth-order valence-electron chi connectivity index (χ4n) is 1.97. The van der Waals surface area contributed by atoms with E-state index in [4.69, 9.17) is 5.11 Å². The van der Waals surface area contributed by atoms with E-state index in [1.165, 1.54) is 0 Å². The molecule has 5 heteroatoms. The van der Waals surface area contributed by atoms with Gasteiger partial charge in [-0.05, 0) is 53.2 Å². The van der Waals surface area contributed by atoms with E-state index < -0.39 is 5.97 Å². The molecular weight excluding hydrogens is 320 g/mol. The van der Waals surface area contributed by atoms with E-state index >= 15 is 0 Å². The third kappa shape index (κ3) is 3.36. The normalized spacial score (nSPS) is 10.3. The van der Waals surface area contributed by atoms with Crippen LogP contribution in [0.1, 0.15) is 21.7 Å². The van der Waals surface area contributed by atoms with Gasteiger partial charge in [-0.3, -0.25) is 4.98 Å². The minimum atomic E-state index is -0.930. The Hall–Kier alpha value is -1.88. The molecule has 0 unspecified atom stereocenters. The first kappa shape index (κ1) is 14.5. The number of nitrogens with zero attached hydrogens (tertiary/aromatic N) is 2. The highest BCUT2D eigenvalue weighted by Gasteiger charge is 2.10. The number of benzene rings is 1. The molecule has 4 nitrogen and oxygen atoms in total. The average Bonchev–Trinajstić information content (AvgIpc) is 2.38. The fraction of sp³-hybridized carbons (Fsp3) is 0.200. The molecule has 2 rings (SSSR count). The van der Waals surface area contributed by atoms with Crippen LogP contribution in [0.5, 0.6) is 0 Å². The number of carboxylic acid groups (broad SMARTS) is 1. The van der Waals surface area contributed by atoms with Crippen molar-refractivity contribution in [3.8, 4) is 0 Å². The number of hydrogen-bond donors (Lipinski definition) is 1. The first-order valence-electron chi connectivity index (χ1n) is 6.14. The minimum Gasteiger partial charge on any atom is -0.478 e. The van der Waals surface area contributed by atoms with Crippen molar-refractivity contribution >= 4 is 27.6 Å². The quantitative estimate of drug-likeness (QED) is 0.929. The van der Waals surface area contributed by atoms with Gasteiger partial charge in [0.15, 0.2) is 0 Å². The predicted octanol–water partition coefficient (Wildman–Crippen LogP) is 3.49. The maximum absolute atomic E-state index is 10.9. The first-order chi connectivity index (χ1) is 9.47. The maximum Gasteiger partial charge on any atom is 0.335 e. The number of pyridine rings is 1. The third-order valence-electron chi connectivity index (χ3n) is 2.95. The molecule has 0 bridgehead atoms. The molecule has 2 aromatic rings. The lowest BCUT2D eigenvalue weighted by Crippen LogP contribution is -2.18. The lowest BCUT2D eigenvalue weighted by Gasteiger charge is -2.20. The predicted molar refractivity (Wildman–Crippen MR) is 82.2 cm³/mol. The molecule has 0 aliphatic heterocycles. The molecule has 0 aliphatic rings. The van der Waals surface area contributed by atoms with E-state index in [9.17, 15) is 4.79 Å². The number of hydrogen-bond acceptors (Lipinski definition) is 3. The van der Waals surface area contributed by atoms with E-state index in [0.717, 1.165) is 21.5 Å². The number of rotatable bonds is 4. The molecular formula is C15H15BrN2O2. The van der Waals surface area contributed by atoms with E-state index in [-0.39, 0.29) is 5.56 Å². The standard InChI is InChI=1S/C15H15BrN2O2/c1-10-4-3-5-12(17-10)9-18(2)14-7-6-11(15(19)20)8-13(14)16/h3-8H,9H2,1-2H3,(H,19,20). The largest absolute Gasteiger partial charge is 0.478 e. The van der Waals surface area contributed by atoms with Gasteiger partial charge >= 0.3 is 5.97 Å².